The van der Waals surface area contributed by atoms with E-state index in [0.717, 1.165) is 19.4 Å². The van der Waals surface area contributed by atoms with Crippen molar-refractivity contribution in [2.75, 3.05) is 17.6 Å². The van der Waals surface area contributed by atoms with Crippen molar-refractivity contribution in [2.45, 2.75) is 38.2 Å². The molecule has 1 saturated carbocycles. The molecular formula is C17H22N4O. The highest BCUT2D eigenvalue weighted by Gasteiger charge is 2.41. The monoisotopic (exact) mass is 298 g/mol. The first-order valence-electron chi connectivity index (χ1n) is 7.66. The minimum absolute atomic E-state index is 0.100. The second-order valence-electron chi connectivity index (χ2n) is 6.19. The zero-order valence-electron chi connectivity index (χ0n) is 13.0. The van der Waals surface area contributed by atoms with Gasteiger partial charge in [0.05, 0.1) is 0 Å². The Bertz CT molecular complexity index is 640. The molecule has 3 rings (SSSR count). The highest BCUT2D eigenvalue weighted by molar-refractivity contribution is 5.66. The van der Waals surface area contributed by atoms with Crippen molar-refractivity contribution in [1.29, 1.82) is 0 Å². The lowest BCUT2D eigenvalue weighted by atomic mass is 10.0. The van der Waals surface area contributed by atoms with E-state index in [4.69, 9.17) is 10.5 Å². The Kier molecular flexibility index (Phi) is 3.88. The third kappa shape index (κ3) is 3.30. The molecule has 2 aromatic rings. The van der Waals surface area contributed by atoms with E-state index >= 15 is 0 Å². The molecule has 5 heteroatoms. The fourth-order valence-corrected chi connectivity index (χ4v) is 2.26. The Hall–Kier alpha value is -2.30. The summed E-state index contributed by atoms with van der Waals surface area (Å²) in [4.78, 5) is 8.38. The maximum Gasteiger partial charge on any atom is 0.243 e. The van der Waals surface area contributed by atoms with Crippen LogP contribution in [-0.4, -0.2) is 22.1 Å². The molecule has 22 heavy (non-hydrogen) atoms. The normalized spacial score (nSPS) is 16.8. The first-order chi connectivity index (χ1) is 10.6. The molecule has 3 N–H and O–H groups in total. The van der Waals surface area contributed by atoms with Gasteiger partial charge in [0.25, 0.3) is 0 Å². The number of anilines is 2. The van der Waals surface area contributed by atoms with Crippen molar-refractivity contribution in [1.82, 2.24) is 9.97 Å². The van der Waals surface area contributed by atoms with Gasteiger partial charge in [0.1, 0.15) is 17.6 Å². The minimum atomic E-state index is -0.100. The number of nitrogens with zero attached hydrogens (tertiary/aromatic N) is 2. The van der Waals surface area contributed by atoms with Gasteiger partial charge in [-0.2, -0.15) is 4.98 Å². The van der Waals surface area contributed by atoms with Gasteiger partial charge in [0, 0.05) is 6.54 Å². The van der Waals surface area contributed by atoms with Gasteiger partial charge in [-0.25, -0.2) is 4.98 Å². The van der Waals surface area contributed by atoms with Gasteiger partial charge in [-0.1, -0.05) is 37.3 Å². The van der Waals surface area contributed by atoms with Crippen molar-refractivity contribution in [3.05, 3.63) is 42.2 Å². The summed E-state index contributed by atoms with van der Waals surface area (Å²) in [6.07, 6.45) is 3.58. The molecule has 1 fully saturated rings. The second kappa shape index (κ2) is 5.83. The van der Waals surface area contributed by atoms with Crippen molar-refractivity contribution >= 4 is 11.5 Å². The first-order valence-corrected chi connectivity index (χ1v) is 7.66. The Labute approximate surface area is 130 Å². The van der Waals surface area contributed by atoms with Crippen LogP contribution in [0.2, 0.25) is 0 Å². The summed E-state index contributed by atoms with van der Waals surface area (Å²) in [6, 6.07) is 10.4. The molecule has 0 aliphatic heterocycles. The van der Waals surface area contributed by atoms with Gasteiger partial charge >= 0.3 is 0 Å². The molecule has 116 valence electrons. The molecule has 1 aliphatic rings. The van der Waals surface area contributed by atoms with Crippen molar-refractivity contribution < 1.29 is 4.74 Å². The van der Waals surface area contributed by atoms with Crippen LogP contribution in [0, 0.1) is 0 Å². The highest BCUT2D eigenvalue weighted by atomic mass is 16.5. The lowest BCUT2D eigenvalue weighted by molar-refractivity contribution is 0.193. The predicted octanol–water partition coefficient (Wildman–Crippen LogP) is 3.21. The fourth-order valence-electron chi connectivity index (χ4n) is 2.26. The molecule has 1 aromatic heterocycles. The average molecular weight is 298 g/mol. The maximum atomic E-state index is 6.13. The van der Waals surface area contributed by atoms with Crippen LogP contribution in [0.5, 0.6) is 5.88 Å². The van der Waals surface area contributed by atoms with E-state index in [9.17, 15) is 0 Å². The Morgan fingerprint density at radius 1 is 1.27 bits per heavy atom. The molecule has 0 unspecified atom stereocenters. The Morgan fingerprint density at radius 3 is 2.68 bits per heavy atom. The van der Waals surface area contributed by atoms with Crippen molar-refractivity contribution in [2.24, 2.45) is 0 Å². The van der Waals surface area contributed by atoms with E-state index in [1.54, 1.807) is 0 Å². The standard InChI is InChI=1S/C17H22N4O/c1-12(13-6-4-3-5-7-13)10-19-15-14(18)16(21-11-20-15)22-17(2)8-9-17/h3-7,11-12H,8-10,18H2,1-2H3,(H,19,20,21)/t12-/m1/s1. The number of benzene rings is 1. The number of hydrogen-bond donors (Lipinski definition) is 2. The van der Waals surface area contributed by atoms with Crippen LogP contribution < -0.4 is 15.8 Å². The molecular weight excluding hydrogens is 276 g/mol. The SMILES string of the molecule is C[C@H](CNc1ncnc(OC2(C)CC2)c1N)c1ccccc1. The number of nitrogen functional groups attached to an aromatic ring is 1. The molecule has 1 aromatic carbocycles. The quantitative estimate of drug-likeness (QED) is 0.856. The smallest absolute Gasteiger partial charge is 0.243 e. The predicted molar refractivity (Wildman–Crippen MR) is 88.1 cm³/mol. The van der Waals surface area contributed by atoms with E-state index in [-0.39, 0.29) is 5.60 Å². The first kappa shape index (κ1) is 14.6. The van der Waals surface area contributed by atoms with E-state index in [1.807, 2.05) is 18.2 Å². The third-order valence-corrected chi connectivity index (χ3v) is 4.09. The number of aromatic nitrogens is 2. The molecule has 0 spiro atoms. The molecule has 0 radical (unpaired) electrons. The van der Waals surface area contributed by atoms with Gasteiger partial charge in [0.2, 0.25) is 5.88 Å². The molecule has 0 bridgehead atoms. The third-order valence-electron chi connectivity index (χ3n) is 4.09. The van der Waals surface area contributed by atoms with E-state index in [1.165, 1.54) is 11.9 Å². The van der Waals surface area contributed by atoms with Gasteiger partial charge < -0.3 is 15.8 Å². The number of ether oxygens (including phenoxy) is 1. The molecule has 0 amide bonds. The summed E-state index contributed by atoms with van der Waals surface area (Å²) in [6.45, 7) is 4.99. The Balaban J connectivity index is 1.66. The molecule has 1 heterocycles. The van der Waals surface area contributed by atoms with Gasteiger partial charge in [-0.05, 0) is 31.2 Å². The molecule has 0 saturated heterocycles. The van der Waals surface area contributed by atoms with Crippen LogP contribution in [0.25, 0.3) is 0 Å². The molecule has 1 aliphatic carbocycles. The fraction of sp³-hybridized carbons (Fsp3) is 0.412. The number of hydrogen-bond acceptors (Lipinski definition) is 5. The summed E-state index contributed by atoms with van der Waals surface area (Å²) >= 11 is 0. The lowest BCUT2D eigenvalue weighted by Crippen LogP contribution is -2.17. The Morgan fingerprint density at radius 2 is 2.00 bits per heavy atom. The number of rotatable bonds is 6. The summed E-state index contributed by atoms with van der Waals surface area (Å²) in [5.41, 5.74) is 7.79. The van der Waals surface area contributed by atoms with Gasteiger partial charge in [0.15, 0.2) is 5.82 Å². The average Bonchev–Trinajstić information content (AvgIpc) is 3.26. The summed E-state index contributed by atoms with van der Waals surface area (Å²) in [5.74, 6) is 1.47. The molecule has 5 nitrogen and oxygen atoms in total. The maximum absolute atomic E-state index is 6.13. The van der Waals surface area contributed by atoms with E-state index < -0.39 is 0 Å². The zero-order valence-corrected chi connectivity index (χ0v) is 13.0. The largest absolute Gasteiger partial charge is 0.470 e. The molecule has 1 atom stereocenters. The van der Waals surface area contributed by atoms with Crippen LogP contribution in [0.1, 0.15) is 38.2 Å². The van der Waals surface area contributed by atoms with Crippen molar-refractivity contribution in [3.63, 3.8) is 0 Å². The summed E-state index contributed by atoms with van der Waals surface area (Å²) in [7, 11) is 0. The van der Waals surface area contributed by atoms with Gasteiger partial charge in [-0.3, -0.25) is 0 Å². The van der Waals surface area contributed by atoms with E-state index in [0.29, 0.717) is 23.3 Å². The minimum Gasteiger partial charge on any atom is -0.470 e. The van der Waals surface area contributed by atoms with Crippen LogP contribution in [0.4, 0.5) is 11.5 Å². The topological polar surface area (TPSA) is 73.1 Å². The number of nitrogens with two attached hydrogens (primary N) is 1. The van der Waals surface area contributed by atoms with Crippen molar-refractivity contribution in [3.8, 4) is 5.88 Å². The highest BCUT2D eigenvalue weighted by Crippen LogP contribution is 2.41. The van der Waals surface area contributed by atoms with Crippen LogP contribution in [0.3, 0.4) is 0 Å². The second-order valence-corrected chi connectivity index (χ2v) is 6.19. The van der Waals surface area contributed by atoms with E-state index in [2.05, 4.69) is 41.3 Å². The summed E-state index contributed by atoms with van der Waals surface area (Å²) in [5, 5.41) is 3.30. The lowest BCUT2D eigenvalue weighted by Gasteiger charge is -2.17. The summed E-state index contributed by atoms with van der Waals surface area (Å²) < 4.78 is 5.86. The number of nitrogens with one attached hydrogen (secondary N) is 1. The van der Waals surface area contributed by atoms with Gasteiger partial charge in [-0.15, -0.1) is 0 Å². The van der Waals surface area contributed by atoms with Crippen LogP contribution >= 0.6 is 0 Å². The zero-order chi connectivity index (χ0) is 15.6. The van der Waals surface area contributed by atoms with Crippen LogP contribution in [-0.2, 0) is 0 Å². The van der Waals surface area contributed by atoms with Crippen LogP contribution in [0.15, 0.2) is 36.7 Å².